The quantitative estimate of drug-likeness (QED) is 0.894. The lowest BCUT2D eigenvalue weighted by Crippen LogP contribution is -2.28. The van der Waals surface area contributed by atoms with Crippen LogP contribution in [-0.2, 0) is 4.79 Å². The Labute approximate surface area is 124 Å². The number of rotatable bonds is 4. The van der Waals surface area contributed by atoms with E-state index in [0.717, 1.165) is 30.7 Å². The second-order valence-electron chi connectivity index (χ2n) is 5.53. The van der Waals surface area contributed by atoms with Gasteiger partial charge in [0.15, 0.2) is 5.75 Å². The fraction of sp³-hybridized carbons (Fsp3) is 0.278. The number of carbonyl (C=O) groups is 1. The van der Waals surface area contributed by atoms with E-state index in [0.29, 0.717) is 5.75 Å². The first kappa shape index (κ1) is 13.7. The van der Waals surface area contributed by atoms with Crippen molar-refractivity contribution in [2.75, 3.05) is 5.32 Å². The number of nitrogens with one attached hydrogen (secondary N) is 1. The summed E-state index contributed by atoms with van der Waals surface area (Å²) in [6.07, 6.45) is 3.14. The zero-order chi connectivity index (χ0) is 14.7. The van der Waals surface area contributed by atoms with Gasteiger partial charge in [0.05, 0.1) is 5.69 Å². The molecule has 0 spiro atoms. The monoisotopic (exact) mass is 281 g/mol. The molecule has 0 heterocycles. The predicted molar refractivity (Wildman–Crippen MR) is 83.7 cm³/mol. The van der Waals surface area contributed by atoms with Gasteiger partial charge in [-0.3, -0.25) is 4.79 Å². The van der Waals surface area contributed by atoms with Crippen molar-refractivity contribution in [3.05, 3.63) is 54.1 Å². The SMILES string of the molecule is Cc1ccc(Oc2ccccc2NC(=O)C2CCC2)cc1. The Morgan fingerprint density at radius 1 is 1.10 bits per heavy atom. The van der Waals surface area contributed by atoms with E-state index >= 15 is 0 Å². The molecule has 0 radical (unpaired) electrons. The summed E-state index contributed by atoms with van der Waals surface area (Å²) in [5.41, 5.74) is 1.92. The molecule has 0 saturated heterocycles. The van der Waals surface area contributed by atoms with E-state index in [1.165, 1.54) is 5.56 Å². The van der Waals surface area contributed by atoms with Gasteiger partial charge >= 0.3 is 0 Å². The molecule has 3 heteroatoms. The minimum absolute atomic E-state index is 0.0983. The zero-order valence-corrected chi connectivity index (χ0v) is 12.1. The van der Waals surface area contributed by atoms with Gasteiger partial charge in [-0.15, -0.1) is 0 Å². The highest BCUT2D eigenvalue weighted by atomic mass is 16.5. The molecule has 1 fully saturated rings. The summed E-state index contributed by atoms with van der Waals surface area (Å²) >= 11 is 0. The number of amides is 1. The Bertz CT molecular complexity index is 630. The minimum atomic E-state index is 0.0983. The van der Waals surface area contributed by atoms with Crippen molar-refractivity contribution in [1.29, 1.82) is 0 Å². The molecule has 0 unspecified atom stereocenters. The van der Waals surface area contributed by atoms with Gasteiger partial charge < -0.3 is 10.1 Å². The van der Waals surface area contributed by atoms with Crippen LogP contribution >= 0.6 is 0 Å². The summed E-state index contributed by atoms with van der Waals surface area (Å²) in [5.74, 6) is 1.71. The molecular weight excluding hydrogens is 262 g/mol. The van der Waals surface area contributed by atoms with Crippen molar-refractivity contribution < 1.29 is 9.53 Å². The van der Waals surface area contributed by atoms with Crippen molar-refractivity contribution in [2.24, 2.45) is 5.92 Å². The zero-order valence-electron chi connectivity index (χ0n) is 12.1. The molecule has 2 aromatic rings. The summed E-state index contributed by atoms with van der Waals surface area (Å²) in [6.45, 7) is 2.04. The summed E-state index contributed by atoms with van der Waals surface area (Å²) < 4.78 is 5.88. The van der Waals surface area contributed by atoms with Gasteiger partial charge in [0.2, 0.25) is 5.91 Å². The van der Waals surface area contributed by atoms with Gasteiger partial charge in [-0.2, -0.15) is 0 Å². The van der Waals surface area contributed by atoms with Crippen LogP contribution in [-0.4, -0.2) is 5.91 Å². The van der Waals surface area contributed by atoms with E-state index in [-0.39, 0.29) is 11.8 Å². The maximum atomic E-state index is 12.1. The molecule has 3 rings (SSSR count). The third-order valence-corrected chi connectivity index (χ3v) is 3.87. The smallest absolute Gasteiger partial charge is 0.227 e. The van der Waals surface area contributed by atoms with E-state index in [2.05, 4.69) is 5.32 Å². The van der Waals surface area contributed by atoms with E-state index in [1.807, 2.05) is 55.5 Å². The van der Waals surface area contributed by atoms with Crippen molar-refractivity contribution in [2.45, 2.75) is 26.2 Å². The second-order valence-corrected chi connectivity index (χ2v) is 5.53. The number of benzene rings is 2. The number of aryl methyl sites for hydroxylation is 1. The number of hydrogen-bond acceptors (Lipinski definition) is 2. The fourth-order valence-corrected chi connectivity index (χ4v) is 2.30. The molecule has 1 amide bonds. The van der Waals surface area contributed by atoms with Crippen LogP contribution in [0.2, 0.25) is 0 Å². The van der Waals surface area contributed by atoms with E-state index in [9.17, 15) is 4.79 Å². The highest BCUT2D eigenvalue weighted by molar-refractivity contribution is 5.94. The van der Waals surface area contributed by atoms with Gasteiger partial charge in [-0.05, 0) is 44.0 Å². The average molecular weight is 281 g/mol. The topological polar surface area (TPSA) is 38.3 Å². The molecule has 0 aromatic heterocycles. The number of ether oxygens (including phenoxy) is 1. The van der Waals surface area contributed by atoms with Crippen LogP contribution in [0.5, 0.6) is 11.5 Å². The standard InChI is InChI=1S/C18H19NO2/c1-13-9-11-15(12-10-13)21-17-8-3-2-7-16(17)19-18(20)14-5-4-6-14/h2-3,7-12,14H,4-6H2,1H3,(H,19,20). The first-order valence-electron chi connectivity index (χ1n) is 7.37. The van der Waals surface area contributed by atoms with Gasteiger partial charge in [0.1, 0.15) is 5.75 Å². The number of hydrogen-bond donors (Lipinski definition) is 1. The Kier molecular flexibility index (Phi) is 3.91. The van der Waals surface area contributed by atoms with Crippen LogP contribution in [0.1, 0.15) is 24.8 Å². The molecule has 2 aromatic carbocycles. The normalized spacial score (nSPS) is 14.3. The largest absolute Gasteiger partial charge is 0.455 e. The summed E-state index contributed by atoms with van der Waals surface area (Å²) in [7, 11) is 0. The molecule has 3 nitrogen and oxygen atoms in total. The van der Waals surface area contributed by atoms with E-state index < -0.39 is 0 Å². The fourth-order valence-electron chi connectivity index (χ4n) is 2.30. The van der Waals surface area contributed by atoms with Crippen LogP contribution in [0, 0.1) is 12.8 Å². The molecule has 1 aliphatic rings. The first-order valence-corrected chi connectivity index (χ1v) is 7.37. The third kappa shape index (κ3) is 3.24. The van der Waals surface area contributed by atoms with E-state index in [4.69, 9.17) is 4.74 Å². The van der Waals surface area contributed by atoms with Crippen molar-refractivity contribution in [1.82, 2.24) is 0 Å². The Hall–Kier alpha value is -2.29. The average Bonchev–Trinajstić information content (AvgIpc) is 2.41. The minimum Gasteiger partial charge on any atom is -0.455 e. The van der Waals surface area contributed by atoms with Crippen molar-refractivity contribution in [3.63, 3.8) is 0 Å². The van der Waals surface area contributed by atoms with E-state index in [1.54, 1.807) is 0 Å². The number of anilines is 1. The van der Waals surface area contributed by atoms with Gasteiger partial charge in [0.25, 0.3) is 0 Å². The van der Waals surface area contributed by atoms with Crippen LogP contribution in [0.4, 0.5) is 5.69 Å². The van der Waals surface area contributed by atoms with Crippen LogP contribution in [0.3, 0.4) is 0 Å². The van der Waals surface area contributed by atoms with Crippen LogP contribution in [0.15, 0.2) is 48.5 Å². The molecular formula is C18H19NO2. The lowest BCUT2D eigenvalue weighted by Gasteiger charge is -2.24. The molecule has 1 aliphatic carbocycles. The third-order valence-electron chi connectivity index (χ3n) is 3.87. The lowest BCUT2D eigenvalue weighted by molar-refractivity contribution is -0.122. The molecule has 108 valence electrons. The van der Waals surface area contributed by atoms with Crippen LogP contribution in [0.25, 0.3) is 0 Å². The highest BCUT2D eigenvalue weighted by Gasteiger charge is 2.25. The Morgan fingerprint density at radius 3 is 2.48 bits per heavy atom. The molecule has 0 aliphatic heterocycles. The Balaban J connectivity index is 1.75. The molecule has 0 atom stereocenters. The summed E-state index contributed by atoms with van der Waals surface area (Å²) in [6, 6.07) is 15.4. The molecule has 21 heavy (non-hydrogen) atoms. The summed E-state index contributed by atoms with van der Waals surface area (Å²) in [5, 5.41) is 2.98. The van der Waals surface area contributed by atoms with Gasteiger partial charge in [-0.1, -0.05) is 36.2 Å². The molecule has 1 N–H and O–H groups in total. The first-order chi connectivity index (χ1) is 10.2. The lowest BCUT2D eigenvalue weighted by atomic mass is 9.85. The Morgan fingerprint density at radius 2 is 1.81 bits per heavy atom. The maximum Gasteiger partial charge on any atom is 0.227 e. The van der Waals surface area contributed by atoms with Gasteiger partial charge in [0, 0.05) is 5.92 Å². The number of para-hydroxylation sites is 2. The van der Waals surface area contributed by atoms with Crippen LogP contribution < -0.4 is 10.1 Å². The maximum absolute atomic E-state index is 12.1. The van der Waals surface area contributed by atoms with Crippen molar-refractivity contribution in [3.8, 4) is 11.5 Å². The second kappa shape index (κ2) is 6.00. The molecule has 0 bridgehead atoms. The van der Waals surface area contributed by atoms with Crippen molar-refractivity contribution >= 4 is 11.6 Å². The molecule has 1 saturated carbocycles. The van der Waals surface area contributed by atoms with Gasteiger partial charge in [-0.25, -0.2) is 0 Å². The highest BCUT2D eigenvalue weighted by Crippen LogP contribution is 2.32. The number of carbonyl (C=O) groups excluding carboxylic acids is 1. The predicted octanol–water partition coefficient (Wildman–Crippen LogP) is 4.53. The summed E-state index contributed by atoms with van der Waals surface area (Å²) in [4.78, 5) is 12.1.